The minimum absolute atomic E-state index is 0.361. The van der Waals surface area contributed by atoms with E-state index in [4.69, 9.17) is 0 Å². The van der Waals surface area contributed by atoms with Crippen LogP contribution in [-0.2, 0) is 0 Å². The molecule has 0 fully saturated rings. The molecule has 3 heterocycles. The van der Waals surface area contributed by atoms with Crippen LogP contribution in [-0.4, -0.2) is 8.80 Å². The van der Waals surface area contributed by atoms with Crippen LogP contribution in [0.4, 0.5) is 0 Å². The molecule has 0 aliphatic carbocycles. The average molecular weight is 214 g/mol. The molecule has 4 aromatic rings. The van der Waals surface area contributed by atoms with E-state index >= 15 is 0 Å². The molecule has 5 heteroatoms. The number of hydrogen-bond donors (Lipinski definition) is 0. The maximum atomic E-state index is 11.8. The van der Waals surface area contributed by atoms with Gasteiger partial charge in [0.25, 0.3) is 5.56 Å². The van der Waals surface area contributed by atoms with Gasteiger partial charge in [0, 0.05) is 6.20 Å². The van der Waals surface area contributed by atoms with Gasteiger partial charge in [-0.1, -0.05) is 30.3 Å². The Balaban J connectivity index is 2.41. The molecule has 0 aliphatic heterocycles. The molecule has 0 spiro atoms. The van der Waals surface area contributed by atoms with Crippen molar-refractivity contribution in [1.82, 2.24) is 8.80 Å². The van der Waals surface area contributed by atoms with Gasteiger partial charge in [-0.2, -0.15) is 4.40 Å². The average Bonchev–Trinajstić information content (AvgIpc) is 2.31. The highest BCUT2D eigenvalue weighted by Gasteiger charge is 2.18. The zero-order chi connectivity index (χ0) is 11.3. The number of hydrogen-bond acceptors (Lipinski definition) is 3. The summed E-state index contributed by atoms with van der Waals surface area (Å²) >= 11 is 0. The molecule has 0 radical (unpaired) electrons. The lowest BCUT2D eigenvalue weighted by molar-refractivity contribution is 0.681. The van der Waals surface area contributed by atoms with Crippen LogP contribution in [0, 0.1) is 0 Å². The molecule has 0 saturated heterocycles. The number of benzene rings is 1. The first-order valence-electron chi connectivity index (χ1n) is 4.69. The number of fused-ring (bicyclic) bond motifs is 2. The highest BCUT2D eigenvalue weighted by molar-refractivity contribution is 5.61. The van der Waals surface area contributed by atoms with Gasteiger partial charge in [-0.25, -0.2) is 14.0 Å². The molecule has 0 N–H and O–H groups in total. The summed E-state index contributed by atoms with van der Waals surface area (Å²) in [7, 11) is 0. The quantitative estimate of drug-likeness (QED) is 0.557. The van der Waals surface area contributed by atoms with Crippen molar-refractivity contribution >= 4 is 0 Å². The number of aromatic nitrogens is 2. The van der Waals surface area contributed by atoms with Crippen molar-refractivity contribution in [3.63, 3.8) is 0 Å². The Bertz CT molecular complexity index is 772. The lowest BCUT2D eigenvalue weighted by Crippen LogP contribution is -2.54. The van der Waals surface area contributed by atoms with Crippen LogP contribution in [0.3, 0.4) is 0 Å². The van der Waals surface area contributed by atoms with Crippen LogP contribution in [0.5, 0.6) is 0 Å². The first-order chi connectivity index (χ1) is 7.70. The minimum Gasteiger partial charge on any atom is -0.268 e. The smallest absolute Gasteiger partial charge is 0.268 e. The Morgan fingerprint density at radius 1 is 0.875 bits per heavy atom. The molecule has 1 aromatic carbocycles. The first-order valence-corrected chi connectivity index (χ1v) is 4.69. The highest BCUT2D eigenvalue weighted by Crippen LogP contribution is 2.12. The van der Waals surface area contributed by atoms with E-state index in [1.807, 2.05) is 6.07 Å². The summed E-state index contributed by atoms with van der Waals surface area (Å²) in [6.45, 7) is 0. The standard InChI is InChI=1S/C11H6N2O3/c14-9-8(7-4-2-1-3-5-7)6-12-10(15)13(9)11(12)16/h1-6H. The second-order valence-electron chi connectivity index (χ2n) is 3.48. The largest absolute Gasteiger partial charge is 0.347 e. The molecule has 4 rings (SSSR count). The van der Waals surface area contributed by atoms with Crippen LogP contribution in [0.25, 0.3) is 11.1 Å². The van der Waals surface area contributed by atoms with Crippen LogP contribution in [0.2, 0.25) is 0 Å². The van der Waals surface area contributed by atoms with Gasteiger partial charge >= 0.3 is 11.4 Å². The Hall–Kier alpha value is -2.43. The Morgan fingerprint density at radius 2 is 1.50 bits per heavy atom. The Kier molecular flexibility index (Phi) is 1.54. The number of nitrogens with zero attached hydrogens (tertiary/aromatic N) is 2. The number of rotatable bonds is 1. The lowest BCUT2D eigenvalue weighted by Gasteiger charge is -2.07. The molecule has 2 bridgehead atoms. The third kappa shape index (κ3) is 0.916. The van der Waals surface area contributed by atoms with Gasteiger partial charge in [0.1, 0.15) is 0 Å². The lowest BCUT2D eigenvalue weighted by atomic mass is 10.1. The predicted octanol–water partition coefficient (Wildman–Crippen LogP) is -0.338. The van der Waals surface area contributed by atoms with Gasteiger partial charge in [-0.3, -0.25) is 4.79 Å². The van der Waals surface area contributed by atoms with Gasteiger partial charge in [0.2, 0.25) is 0 Å². The van der Waals surface area contributed by atoms with Crippen LogP contribution in [0.15, 0.2) is 50.9 Å². The van der Waals surface area contributed by atoms with Crippen molar-refractivity contribution in [2.45, 2.75) is 0 Å². The summed E-state index contributed by atoms with van der Waals surface area (Å²) in [6, 6.07) is 8.92. The van der Waals surface area contributed by atoms with E-state index in [-0.39, 0.29) is 0 Å². The van der Waals surface area contributed by atoms with Crippen LogP contribution < -0.4 is 16.9 Å². The minimum atomic E-state index is -0.574. The molecular formula is C11H6N2O3. The van der Waals surface area contributed by atoms with Crippen LogP contribution in [0.1, 0.15) is 0 Å². The summed E-state index contributed by atoms with van der Waals surface area (Å²) in [4.78, 5) is 34.2. The van der Waals surface area contributed by atoms with E-state index in [0.29, 0.717) is 15.5 Å². The van der Waals surface area contributed by atoms with Gasteiger partial charge < -0.3 is 0 Å². The fourth-order valence-electron chi connectivity index (χ4n) is 1.74. The summed E-state index contributed by atoms with van der Waals surface area (Å²) in [6.07, 6.45) is 1.29. The van der Waals surface area contributed by atoms with E-state index in [9.17, 15) is 14.4 Å². The van der Waals surface area contributed by atoms with Crippen molar-refractivity contribution in [2.75, 3.05) is 0 Å². The summed E-state index contributed by atoms with van der Waals surface area (Å²) in [5.74, 6) is 0. The zero-order valence-corrected chi connectivity index (χ0v) is 8.08. The molecule has 0 aliphatic rings. The normalized spacial score (nSPS) is 11.2. The highest BCUT2D eigenvalue weighted by atomic mass is 16.2. The molecule has 0 amide bonds. The van der Waals surface area contributed by atoms with Gasteiger partial charge in [0.15, 0.2) is 0 Å². The first kappa shape index (κ1) is 8.84. The summed E-state index contributed by atoms with van der Waals surface area (Å²) in [5, 5.41) is 0. The molecule has 16 heavy (non-hydrogen) atoms. The maximum absolute atomic E-state index is 11.8. The molecule has 3 aromatic heterocycles. The predicted molar refractivity (Wildman–Crippen MR) is 57.5 cm³/mol. The maximum Gasteiger partial charge on any atom is 0.347 e. The monoisotopic (exact) mass is 214 g/mol. The van der Waals surface area contributed by atoms with E-state index in [0.717, 1.165) is 4.40 Å². The molecule has 78 valence electrons. The van der Waals surface area contributed by atoms with Crippen LogP contribution >= 0.6 is 0 Å². The van der Waals surface area contributed by atoms with Crippen molar-refractivity contribution in [1.29, 1.82) is 0 Å². The fourth-order valence-corrected chi connectivity index (χ4v) is 1.74. The van der Waals surface area contributed by atoms with Crippen molar-refractivity contribution < 1.29 is 0 Å². The Labute approximate surface area is 88.5 Å². The van der Waals surface area contributed by atoms with E-state index < -0.39 is 16.9 Å². The van der Waals surface area contributed by atoms with E-state index in [2.05, 4.69) is 0 Å². The fraction of sp³-hybridized carbons (Fsp3) is 0. The van der Waals surface area contributed by atoms with Gasteiger partial charge in [-0.15, -0.1) is 0 Å². The van der Waals surface area contributed by atoms with Crippen molar-refractivity contribution in [3.8, 4) is 11.1 Å². The topological polar surface area (TPSA) is 60.0 Å². The third-order valence-corrected chi connectivity index (χ3v) is 2.57. The van der Waals surface area contributed by atoms with Crippen molar-refractivity contribution in [2.24, 2.45) is 0 Å². The second kappa shape index (κ2) is 2.79. The molecule has 0 saturated carbocycles. The zero-order valence-electron chi connectivity index (χ0n) is 8.08. The molecule has 0 atom stereocenters. The SMILES string of the molecule is O=c1c(-c2ccccc2)cn2c(=O)n1c2=O. The summed E-state index contributed by atoms with van der Waals surface area (Å²) in [5.41, 5.74) is -0.643. The van der Waals surface area contributed by atoms with Gasteiger partial charge in [-0.05, 0) is 5.56 Å². The third-order valence-electron chi connectivity index (χ3n) is 2.57. The molecule has 0 unspecified atom stereocenters. The summed E-state index contributed by atoms with van der Waals surface area (Å²) < 4.78 is 1.58. The Morgan fingerprint density at radius 3 is 2.06 bits per heavy atom. The van der Waals surface area contributed by atoms with E-state index in [1.54, 1.807) is 24.3 Å². The molecule has 5 nitrogen and oxygen atoms in total. The molecular weight excluding hydrogens is 208 g/mol. The second-order valence-corrected chi connectivity index (χ2v) is 3.48. The van der Waals surface area contributed by atoms with Gasteiger partial charge in [0.05, 0.1) is 5.56 Å². The van der Waals surface area contributed by atoms with E-state index in [1.165, 1.54) is 6.20 Å². The van der Waals surface area contributed by atoms with Crippen molar-refractivity contribution in [3.05, 3.63) is 67.9 Å².